The summed E-state index contributed by atoms with van der Waals surface area (Å²) in [7, 11) is 2.16. The highest BCUT2D eigenvalue weighted by atomic mass is 16.5. The Kier molecular flexibility index (Phi) is 6.60. The topological polar surface area (TPSA) is 53.0 Å². The molecule has 0 aromatic carbocycles. The Morgan fingerprint density at radius 1 is 1.44 bits per heavy atom. The van der Waals surface area contributed by atoms with Crippen LogP contribution in [0.25, 0.3) is 0 Å². The van der Waals surface area contributed by atoms with E-state index < -0.39 is 12.1 Å². The predicted molar refractivity (Wildman–Crippen MR) is 70.8 cm³/mol. The summed E-state index contributed by atoms with van der Waals surface area (Å²) < 4.78 is 5.23. The molecule has 2 atom stereocenters. The van der Waals surface area contributed by atoms with Gasteiger partial charge in [0.1, 0.15) is 0 Å². The van der Waals surface area contributed by atoms with Gasteiger partial charge in [-0.05, 0) is 26.8 Å². The molecule has 0 saturated carbocycles. The second-order valence-electron chi connectivity index (χ2n) is 4.91. The number of piperazine rings is 1. The first-order valence-electron chi connectivity index (χ1n) is 6.85. The molecule has 0 aromatic rings. The van der Waals surface area contributed by atoms with Crippen molar-refractivity contribution in [2.75, 3.05) is 39.8 Å². The number of hydrogen-bond donors (Lipinski definition) is 1. The van der Waals surface area contributed by atoms with Crippen LogP contribution in [0.4, 0.5) is 0 Å². The summed E-state index contributed by atoms with van der Waals surface area (Å²) in [5.41, 5.74) is 0. The number of carbonyl (C=O) groups is 1. The van der Waals surface area contributed by atoms with Crippen LogP contribution < -0.4 is 0 Å². The number of aliphatic carboxylic acids is 1. The highest BCUT2D eigenvalue weighted by Crippen LogP contribution is 2.12. The van der Waals surface area contributed by atoms with Crippen molar-refractivity contribution in [3.8, 4) is 0 Å². The molecule has 106 valence electrons. The van der Waals surface area contributed by atoms with Crippen LogP contribution in [-0.4, -0.2) is 72.9 Å². The second kappa shape index (κ2) is 7.71. The van der Waals surface area contributed by atoms with Crippen molar-refractivity contribution in [2.45, 2.75) is 38.8 Å². The maximum Gasteiger partial charge on any atom is 0.332 e. The SMILES string of the molecule is CCOC(CCN1CCN(C)C(CC)C1)C(=O)O. The van der Waals surface area contributed by atoms with Gasteiger partial charge in [-0.3, -0.25) is 0 Å². The Balaban J connectivity index is 2.36. The normalized spacial score (nSPS) is 24.1. The quantitative estimate of drug-likeness (QED) is 0.735. The molecule has 0 amide bonds. The lowest BCUT2D eigenvalue weighted by Crippen LogP contribution is -2.51. The van der Waals surface area contributed by atoms with Gasteiger partial charge in [-0.1, -0.05) is 6.92 Å². The minimum atomic E-state index is -0.849. The summed E-state index contributed by atoms with van der Waals surface area (Å²) in [4.78, 5) is 15.7. The van der Waals surface area contributed by atoms with Gasteiger partial charge in [0.15, 0.2) is 6.10 Å². The number of hydrogen-bond acceptors (Lipinski definition) is 4. The molecule has 5 heteroatoms. The molecule has 0 spiro atoms. The lowest BCUT2D eigenvalue weighted by Gasteiger charge is -2.39. The van der Waals surface area contributed by atoms with Crippen molar-refractivity contribution in [2.24, 2.45) is 0 Å². The van der Waals surface area contributed by atoms with Crippen molar-refractivity contribution in [1.29, 1.82) is 0 Å². The Bertz CT molecular complexity index is 261. The first kappa shape index (κ1) is 15.4. The molecule has 5 nitrogen and oxygen atoms in total. The van der Waals surface area contributed by atoms with Crippen LogP contribution in [0.1, 0.15) is 26.7 Å². The van der Waals surface area contributed by atoms with Gasteiger partial charge < -0.3 is 19.6 Å². The van der Waals surface area contributed by atoms with Crippen LogP contribution in [-0.2, 0) is 9.53 Å². The highest BCUT2D eigenvalue weighted by Gasteiger charge is 2.24. The molecule has 1 saturated heterocycles. The molecule has 1 N–H and O–H groups in total. The average Bonchev–Trinajstić information content (AvgIpc) is 2.35. The van der Waals surface area contributed by atoms with Crippen LogP contribution in [0.3, 0.4) is 0 Å². The highest BCUT2D eigenvalue weighted by molar-refractivity contribution is 5.72. The predicted octanol–water partition coefficient (Wildman–Crippen LogP) is 0.892. The molecule has 0 aliphatic carbocycles. The minimum Gasteiger partial charge on any atom is -0.479 e. The molecule has 1 aliphatic heterocycles. The maximum absolute atomic E-state index is 11.0. The average molecular weight is 258 g/mol. The lowest BCUT2D eigenvalue weighted by molar-refractivity contribution is -0.150. The number of ether oxygens (including phenoxy) is 1. The molecule has 1 fully saturated rings. The first-order chi connectivity index (χ1) is 8.58. The van der Waals surface area contributed by atoms with Gasteiger partial charge in [-0.15, -0.1) is 0 Å². The molecule has 0 bridgehead atoms. The van der Waals surface area contributed by atoms with E-state index in [0.717, 1.165) is 32.6 Å². The van der Waals surface area contributed by atoms with E-state index in [1.807, 2.05) is 6.92 Å². The Hall–Kier alpha value is -0.650. The Morgan fingerprint density at radius 3 is 2.72 bits per heavy atom. The summed E-state index contributed by atoms with van der Waals surface area (Å²) in [6, 6.07) is 0.592. The van der Waals surface area contributed by atoms with E-state index in [0.29, 0.717) is 19.1 Å². The third-order valence-corrected chi connectivity index (χ3v) is 3.68. The van der Waals surface area contributed by atoms with E-state index in [2.05, 4.69) is 23.8 Å². The number of rotatable bonds is 7. The number of nitrogens with zero attached hydrogens (tertiary/aromatic N) is 2. The van der Waals surface area contributed by atoms with Crippen LogP contribution in [0, 0.1) is 0 Å². The van der Waals surface area contributed by atoms with Crippen molar-refractivity contribution < 1.29 is 14.6 Å². The standard InChI is InChI=1S/C13H26N2O3/c1-4-11-10-15(9-8-14(11)3)7-6-12(13(16)17)18-5-2/h11-12H,4-10H2,1-3H3,(H,16,17). The van der Waals surface area contributed by atoms with E-state index in [1.165, 1.54) is 0 Å². The van der Waals surface area contributed by atoms with Crippen molar-refractivity contribution in [3.05, 3.63) is 0 Å². The number of carboxylic acids is 1. The lowest BCUT2D eigenvalue weighted by atomic mass is 10.1. The van der Waals surface area contributed by atoms with Crippen LogP contribution >= 0.6 is 0 Å². The molecule has 2 unspecified atom stereocenters. The zero-order valence-corrected chi connectivity index (χ0v) is 11.8. The molecule has 1 heterocycles. The third kappa shape index (κ3) is 4.55. The van der Waals surface area contributed by atoms with Gasteiger partial charge in [0, 0.05) is 38.8 Å². The second-order valence-corrected chi connectivity index (χ2v) is 4.91. The fraction of sp³-hybridized carbons (Fsp3) is 0.923. The first-order valence-corrected chi connectivity index (χ1v) is 6.85. The van der Waals surface area contributed by atoms with Gasteiger partial charge in [-0.25, -0.2) is 4.79 Å². The number of likely N-dealkylation sites (N-methyl/N-ethyl adjacent to an activating group) is 1. The fourth-order valence-corrected chi connectivity index (χ4v) is 2.43. The van der Waals surface area contributed by atoms with E-state index >= 15 is 0 Å². The largest absolute Gasteiger partial charge is 0.479 e. The number of carboxylic acid groups (broad SMARTS) is 1. The van der Waals surface area contributed by atoms with Crippen molar-refractivity contribution in [1.82, 2.24) is 9.80 Å². The summed E-state index contributed by atoms with van der Waals surface area (Å²) in [6.07, 6.45) is 1.05. The molecular formula is C13H26N2O3. The fourth-order valence-electron chi connectivity index (χ4n) is 2.43. The van der Waals surface area contributed by atoms with Gasteiger partial charge >= 0.3 is 5.97 Å². The van der Waals surface area contributed by atoms with Gasteiger partial charge in [-0.2, -0.15) is 0 Å². The van der Waals surface area contributed by atoms with E-state index in [9.17, 15) is 4.79 Å². The molecule has 0 aromatic heterocycles. The summed E-state index contributed by atoms with van der Waals surface area (Å²) >= 11 is 0. The zero-order valence-electron chi connectivity index (χ0n) is 11.8. The zero-order chi connectivity index (χ0) is 13.5. The van der Waals surface area contributed by atoms with Gasteiger partial charge in [0.2, 0.25) is 0 Å². The Morgan fingerprint density at radius 2 is 2.17 bits per heavy atom. The van der Waals surface area contributed by atoms with E-state index in [1.54, 1.807) is 0 Å². The van der Waals surface area contributed by atoms with Crippen LogP contribution in [0.15, 0.2) is 0 Å². The van der Waals surface area contributed by atoms with E-state index in [4.69, 9.17) is 9.84 Å². The summed E-state index contributed by atoms with van der Waals surface area (Å²) in [6.45, 7) is 8.41. The van der Waals surface area contributed by atoms with Gasteiger partial charge in [0.05, 0.1) is 0 Å². The molecule has 1 aliphatic rings. The summed E-state index contributed by atoms with van der Waals surface area (Å²) in [5, 5.41) is 9.02. The molecule has 1 rings (SSSR count). The third-order valence-electron chi connectivity index (χ3n) is 3.68. The smallest absolute Gasteiger partial charge is 0.332 e. The van der Waals surface area contributed by atoms with Crippen molar-refractivity contribution >= 4 is 5.97 Å². The molecular weight excluding hydrogens is 232 g/mol. The molecule has 0 radical (unpaired) electrons. The van der Waals surface area contributed by atoms with Crippen LogP contribution in [0.2, 0.25) is 0 Å². The van der Waals surface area contributed by atoms with Gasteiger partial charge in [0.25, 0.3) is 0 Å². The van der Waals surface area contributed by atoms with Crippen LogP contribution in [0.5, 0.6) is 0 Å². The maximum atomic E-state index is 11.0. The minimum absolute atomic E-state index is 0.456. The molecule has 18 heavy (non-hydrogen) atoms. The van der Waals surface area contributed by atoms with Crippen molar-refractivity contribution in [3.63, 3.8) is 0 Å². The summed E-state index contributed by atoms with van der Waals surface area (Å²) in [5.74, 6) is -0.849. The monoisotopic (exact) mass is 258 g/mol. The Labute approximate surface area is 110 Å². The van der Waals surface area contributed by atoms with E-state index in [-0.39, 0.29) is 0 Å².